The normalized spacial score (nSPS) is 12.1. The van der Waals surface area contributed by atoms with Crippen molar-refractivity contribution in [1.29, 1.82) is 0 Å². The van der Waals surface area contributed by atoms with E-state index in [2.05, 4.69) is 12.2 Å². The Kier molecular flexibility index (Phi) is 15.0. The van der Waals surface area contributed by atoms with Gasteiger partial charge in [0.05, 0.1) is 13.0 Å². The molecule has 0 saturated heterocycles. The Balaban J connectivity index is 3.25. The second-order valence-electron chi connectivity index (χ2n) is 6.17. The molecule has 0 aromatic carbocycles. The summed E-state index contributed by atoms with van der Waals surface area (Å²) in [7, 11) is 0. The predicted molar refractivity (Wildman–Crippen MR) is 92.5 cm³/mol. The maximum atomic E-state index is 11.4. The number of carbonyl (C=O) groups is 2. The number of carboxylic acids is 1. The first kappa shape index (κ1) is 21.9. The fraction of sp³-hybridized carbons (Fsp3) is 0.889. The highest BCUT2D eigenvalue weighted by Crippen LogP contribution is 2.10. The van der Waals surface area contributed by atoms with Crippen LogP contribution in [0.15, 0.2) is 0 Å². The van der Waals surface area contributed by atoms with Crippen LogP contribution >= 0.6 is 0 Å². The summed E-state index contributed by atoms with van der Waals surface area (Å²) in [4.78, 5) is 22.0. The molecule has 0 amide bonds. The molecule has 0 aliphatic carbocycles. The van der Waals surface area contributed by atoms with Crippen LogP contribution in [0.1, 0.15) is 84.5 Å². The quantitative estimate of drug-likeness (QED) is 0.332. The van der Waals surface area contributed by atoms with Crippen LogP contribution in [0, 0.1) is 0 Å². The Hall–Kier alpha value is -1.10. The van der Waals surface area contributed by atoms with E-state index in [-0.39, 0.29) is 12.4 Å². The molecule has 0 aliphatic rings. The predicted octanol–water partition coefficient (Wildman–Crippen LogP) is 3.90. The number of carboxylic acid groups (broad SMARTS) is 1. The Labute approximate surface area is 141 Å². The molecule has 0 aromatic heterocycles. The minimum atomic E-state index is -0.913. The van der Waals surface area contributed by atoms with Crippen LogP contribution < -0.4 is 5.32 Å². The van der Waals surface area contributed by atoms with E-state index >= 15 is 0 Å². The highest BCUT2D eigenvalue weighted by atomic mass is 16.5. The van der Waals surface area contributed by atoms with Gasteiger partial charge in [-0.15, -0.1) is 0 Å². The molecule has 23 heavy (non-hydrogen) atoms. The second-order valence-corrected chi connectivity index (χ2v) is 6.17. The molecule has 136 valence electrons. The van der Waals surface area contributed by atoms with Gasteiger partial charge >= 0.3 is 11.9 Å². The molecule has 0 bridgehead atoms. The third-order valence-corrected chi connectivity index (χ3v) is 3.91. The van der Waals surface area contributed by atoms with Crippen LogP contribution in [0.3, 0.4) is 0 Å². The number of rotatable bonds is 16. The van der Waals surface area contributed by atoms with Crippen molar-refractivity contribution in [3.05, 3.63) is 0 Å². The number of nitrogens with one attached hydrogen (secondary N) is 1. The molecule has 1 atom stereocenters. The van der Waals surface area contributed by atoms with E-state index in [1.807, 2.05) is 0 Å². The first-order chi connectivity index (χ1) is 11.1. The van der Waals surface area contributed by atoms with Gasteiger partial charge in [-0.3, -0.25) is 9.59 Å². The molecule has 2 N–H and O–H groups in total. The minimum Gasteiger partial charge on any atom is -0.480 e. The van der Waals surface area contributed by atoms with Crippen molar-refractivity contribution >= 4 is 11.9 Å². The Morgan fingerprint density at radius 1 is 0.957 bits per heavy atom. The smallest absolute Gasteiger partial charge is 0.320 e. The van der Waals surface area contributed by atoms with Crippen molar-refractivity contribution in [3.8, 4) is 0 Å². The zero-order chi connectivity index (χ0) is 17.3. The molecule has 0 aromatic rings. The average molecular weight is 329 g/mol. The second kappa shape index (κ2) is 15.8. The maximum Gasteiger partial charge on any atom is 0.320 e. The monoisotopic (exact) mass is 329 g/mol. The van der Waals surface area contributed by atoms with Crippen LogP contribution in [0.5, 0.6) is 0 Å². The van der Waals surface area contributed by atoms with Crippen molar-refractivity contribution < 1.29 is 19.4 Å². The molecule has 0 fully saturated rings. The molecular weight excluding hydrogens is 294 g/mol. The summed E-state index contributed by atoms with van der Waals surface area (Å²) >= 11 is 0. The van der Waals surface area contributed by atoms with Gasteiger partial charge in [0, 0.05) is 6.54 Å². The van der Waals surface area contributed by atoms with E-state index in [1.165, 1.54) is 51.4 Å². The Bertz CT molecular complexity index is 307. The first-order valence-electron chi connectivity index (χ1n) is 9.19. The molecule has 0 saturated carbocycles. The van der Waals surface area contributed by atoms with E-state index < -0.39 is 12.0 Å². The van der Waals surface area contributed by atoms with Gasteiger partial charge in [-0.2, -0.15) is 0 Å². The van der Waals surface area contributed by atoms with Gasteiger partial charge in [-0.05, 0) is 13.3 Å². The van der Waals surface area contributed by atoms with Gasteiger partial charge in [-0.1, -0.05) is 64.7 Å². The van der Waals surface area contributed by atoms with Crippen LogP contribution in [0.2, 0.25) is 0 Å². The number of hydrogen-bond donors (Lipinski definition) is 2. The molecule has 0 radical (unpaired) electrons. The van der Waals surface area contributed by atoms with Gasteiger partial charge < -0.3 is 15.2 Å². The Morgan fingerprint density at radius 2 is 1.48 bits per heavy atom. The summed E-state index contributed by atoms with van der Waals surface area (Å²) < 4.78 is 5.13. The summed E-state index contributed by atoms with van der Waals surface area (Å²) in [6, 6.07) is -0.634. The van der Waals surface area contributed by atoms with Gasteiger partial charge in [0.2, 0.25) is 0 Å². The standard InChI is InChI=1S/C18H35NO4/c1-3-4-5-6-7-8-9-10-11-12-15-23-17(20)13-14-19-16(2)18(21)22/h16,19H,3-15H2,1-2H3,(H,21,22). The fourth-order valence-electron chi connectivity index (χ4n) is 2.33. The topological polar surface area (TPSA) is 75.6 Å². The lowest BCUT2D eigenvalue weighted by atomic mass is 10.1. The van der Waals surface area contributed by atoms with Gasteiger partial charge in [0.25, 0.3) is 0 Å². The Morgan fingerprint density at radius 3 is 2.00 bits per heavy atom. The third kappa shape index (κ3) is 15.6. The average Bonchev–Trinajstić information content (AvgIpc) is 2.52. The highest BCUT2D eigenvalue weighted by Gasteiger charge is 2.10. The molecule has 5 nitrogen and oxygen atoms in total. The van der Waals surface area contributed by atoms with E-state index in [9.17, 15) is 9.59 Å². The first-order valence-corrected chi connectivity index (χ1v) is 9.19. The van der Waals surface area contributed by atoms with Crippen molar-refractivity contribution in [1.82, 2.24) is 5.32 Å². The summed E-state index contributed by atoms with van der Waals surface area (Å²) in [5.41, 5.74) is 0. The van der Waals surface area contributed by atoms with E-state index in [0.29, 0.717) is 13.2 Å². The van der Waals surface area contributed by atoms with E-state index in [1.54, 1.807) is 6.92 Å². The van der Waals surface area contributed by atoms with Gasteiger partial charge in [0.1, 0.15) is 6.04 Å². The number of unbranched alkanes of at least 4 members (excludes halogenated alkanes) is 9. The number of aliphatic carboxylic acids is 1. The van der Waals surface area contributed by atoms with Crippen molar-refractivity contribution in [2.45, 2.75) is 90.5 Å². The molecule has 0 heterocycles. The molecule has 0 aliphatic heterocycles. The summed E-state index contributed by atoms with van der Waals surface area (Å²) in [6.45, 7) is 4.60. The molecular formula is C18H35NO4. The molecule has 5 heteroatoms. The van der Waals surface area contributed by atoms with Crippen LogP contribution in [0.25, 0.3) is 0 Å². The molecule has 0 rings (SSSR count). The van der Waals surface area contributed by atoms with Crippen molar-refractivity contribution in [2.75, 3.05) is 13.2 Å². The molecule has 0 spiro atoms. The summed E-state index contributed by atoms with van der Waals surface area (Å²) in [6.07, 6.45) is 12.8. The maximum absolute atomic E-state index is 11.4. The number of esters is 1. The summed E-state index contributed by atoms with van der Waals surface area (Å²) in [5.74, 6) is -1.17. The minimum absolute atomic E-state index is 0.218. The lowest BCUT2D eigenvalue weighted by Crippen LogP contribution is -2.35. The molecule has 1 unspecified atom stereocenters. The third-order valence-electron chi connectivity index (χ3n) is 3.91. The zero-order valence-electron chi connectivity index (χ0n) is 14.9. The van der Waals surface area contributed by atoms with Crippen molar-refractivity contribution in [3.63, 3.8) is 0 Å². The lowest BCUT2D eigenvalue weighted by molar-refractivity contribution is -0.144. The number of hydrogen-bond acceptors (Lipinski definition) is 4. The van der Waals surface area contributed by atoms with E-state index in [0.717, 1.165) is 12.8 Å². The van der Waals surface area contributed by atoms with E-state index in [4.69, 9.17) is 9.84 Å². The number of ether oxygens (including phenoxy) is 1. The van der Waals surface area contributed by atoms with Crippen LogP contribution in [-0.4, -0.2) is 36.2 Å². The SMILES string of the molecule is CCCCCCCCCCCCOC(=O)CCNC(C)C(=O)O. The highest BCUT2D eigenvalue weighted by molar-refractivity contribution is 5.73. The van der Waals surface area contributed by atoms with Crippen molar-refractivity contribution in [2.24, 2.45) is 0 Å². The lowest BCUT2D eigenvalue weighted by Gasteiger charge is -2.09. The van der Waals surface area contributed by atoms with Gasteiger partial charge in [-0.25, -0.2) is 0 Å². The van der Waals surface area contributed by atoms with Crippen LogP contribution in [-0.2, 0) is 14.3 Å². The summed E-state index contributed by atoms with van der Waals surface area (Å²) in [5, 5.41) is 11.4. The van der Waals surface area contributed by atoms with Gasteiger partial charge in [0.15, 0.2) is 0 Å². The number of carbonyl (C=O) groups excluding carboxylic acids is 1. The fourth-order valence-corrected chi connectivity index (χ4v) is 2.33. The largest absolute Gasteiger partial charge is 0.480 e. The van der Waals surface area contributed by atoms with Crippen LogP contribution in [0.4, 0.5) is 0 Å². The zero-order valence-corrected chi connectivity index (χ0v) is 14.9.